The molecule has 0 saturated carbocycles. The Morgan fingerprint density at radius 2 is 2.08 bits per heavy atom. The highest BCUT2D eigenvalue weighted by atomic mass is 127. The fraction of sp³-hybridized carbons (Fsp3) is 0.375. The lowest BCUT2D eigenvalue weighted by molar-refractivity contribution is -0.383. The maximum Gasteiger partial charge on any atom is 0.353 e. The average molecular weight is 439 g/mol. The molecule has 8 heteroatoms. The number of anilines is 3. The number of halogens is 1. The molecule has 1 fully saturated rings. The zero-order chi connectivity index (χ0) is 17.1. The number of hydrogen-bond acceptors (Lipinski definition) is 6. The van der Waals surface area contributed by atoms with Crippen molar-refractivity contribution in [3.63, 3.8) is 0 Å². The van der Waals surface area contributed by atoms with Gasteiger partial charge in [-0.05, 0) is 65.6 Å². The molecule has 24 heavy (non-hydrogen) atoms. The minimum absolute atomic E-state index is 0.0647. The summed E-state index contributed by atoms with van der Waals surface area (Å²) < 4.78 is 1.10. The molecule has 0 radical (unpaired) electrons. The summed E-state index contributed by atoms with van der Waals surface area (Å²) >= 11 is 2.21. The van der Waals surface area contributed by atoms with E-state index in [0.29, 0.717) is 11.7 Å². The van der Waals surface area contributed by atoms with E-state index in [4.69, 9.17) is 0 Å². The maximum atomic E-state index is 11.7. The Balaban J connectivity index is 1.95. The summed E-state index contributed by atoms with van der Waals surface area (Å²) in [6, 6.07) is 7.61. The summed E-state index contributed by atoms with van der Waals surface area (Å²) in [6.07, 6.45) is 3.54. The normalized spacial score (nSPS) is 17.6. The second-order valence-electron chi connectivity index (χ2n) is 5.98. The van der Waals surface area contributed by atoms with E-state index in [1.807, 2.05) is 29.2 Å². The van der Waals surface area contributed by atoms with Gasteiger partial charge in [0, 0.05) is 22.3 Å². The molecule has 0 aliphatic carbocycles. The lowest BCUT2D eigenvalue weighted by atomic mass is 10.0. The van der Waals surface area contributed by atoms with Crippen LogP contribution in [0.1, 0.15) is 19.8 Å². The van der Waals surface area contributed by atoms with E-state index in [2.05, 4.69) is 44.8 Å². The standard InChI is InChI=1S/C16H18IN5O2/c1-11-3-2-8-21(9-11)16-14(22(23)24)15(18-10-19-16)20-13-6-4-12(17)5-7-13/h4-7,10-11H,2-3,8-9H2,1H3,(H,18,19,20). The molecule has 1 saturated heterocycles. The molecule has 1 unspecified atom stereocenters. The van der Waals surface area contributed by atoms with Crippen molar-refractivity contribution in [2.45, 2.75) is 19.8 Å². The predicted molar refractivity (Wildman–Crippen MR) is 102 cm³/mol. The zero-order valence-corrected chi connectivity index (χ0v) is 15.4. The van der Waals surface area contributed by atoms with E-state index in [1.54, 1.807) is 0 Å². The summed E-state index contributed by atoms with van der Waals surface area (Å²) in [5.74, 6) is 1.12. The molecule has 7 nitrogen and oxygen atoms in total. The first-order valence-corrected chi connectivity index (χ1v) is 8.89. The molecule has 0 bridgehead atoms. The molecule has 0 amide bonds. The van der Waals surface area contributed by atoms with Crippen LogP contribution in [0.3, 0.4) is 0 Å². The number of nitro groups is 1. The van der Waals surface area contributed by atoms with Crippen molar-refractivity contribution in [3.8, 4) is 0 Å². The number of hydrogen-bond donors (Lipinski definition) is 1. The van der Waals surface area contributed by atoms with Crippen LogP contribution in [0, 0.1) is 19.6 Å². The van der Waals surface area contributed by atoms with Crippen molar-refractivity contribution in [2.75, 3.05) is 23.3 Å². The summed E-state index contributed by atoms with van der Waals surface area (Å²) in [5.41, 5.74) is 0.695. The van der Waals surface area contributed by atoms with Gasteiger partial charge >= 0.3 is 5.69 Å². The molecule has 3 rings (SSSR count). The molecular formula is C16H18IN5O2. The van der Waals surface area contributed by atoms with Crippen LogP contribution in [0.15, 0.2) is 30.6 Å². The fourth-order valence-corrected chi connectivity index (χ4v) is 3.27. The molecule has 0 spiro atoms. The number of aromatic nitrogens is 2. The maximum absolute atomic E-state index is 11.7. The lowest BCUT2D eigenvalue weighted by Gasteiger charge is -2.31. The van der Waals surface area contributed by atoms with Crippen LogP contribution in [-0.4, -0.2) is 28.0 Å². The molecule has 1 aliphatic heterocycles. The molecule has 1 aliphatic rings. The summed E-state index contributed by atoms with van der Waals surface area (Å²) in [7, 11) is 0. The van der Waals surface area contributed by atoms with E-state index >= 15 is 0 Å². The average Bonchev–Trinajstić information content (AvgIpc) is 2.56. The highest BCUT2D eigenvalue weighted by molar-refractivity contribution is 14.1. The predicted octanol–water partition coefficient (Wildman–Crippen LogP) is 3.97. The molecule has 1 N–H and O–H groups in total. The fourth-order valence-electron chi connectivity index (χ4n) is 2.91. The SMILES string of the molecule is CC1CCCN(c2ncnc(Nc3ccc(I)cc3)c2[N+](=O)[O-])C1. The monoisotopic (exact) mass is 439 g/mol. The molecule has 2 heterocycles. The van der Waals surface area contributed by atoms with Gasteiger partial charge in [-0.2, -0.15) is 0 Å². The van der Waals surface area contributed by atoms with Crippen LogP contribution in [0.2, 0.25) is 0 Å². The summed E-state index contributed by atoms with van der Waals surface area (Å²) in [5, 5.41) is 14.7. The lowest BCUT2D eigenvalue weighted by Crippen LogP contribution is -2.35. The molecular weight excluding hydrogens is 421 g/mol. The largest absolute Gasteiger partial charge is 0.353 e. The molecule has 2 aromatic rings. The van der Waals surface area contributed by atoms with Gasteiger partial charge in [-0.1, -0.05) is 6.92 Å². The molecule has 126 valence electrons. The highest BCUT2D eigenvalue weighted by Gasteiger charge is 2.29. The van der Waals surface area contributed by atoms with Gasteiger partial charge in [0.05, 0.1) is 4.92 Å². The van der Waals surface area contributed by atoms with Crippen LogP contribution >= 0.6 is 22.6 Å². The second kappa shape index (κ2) is 7.29. The van der Waals surface area contributed by atoms with Gasteiger partial charge in [0.15, 0.2) is 0 Å². The number of piperidine rings is 1. The van der Waals surface area contributed by atoms with Crippen LogP contribution in [0.4, 0.5) is 23.0 Å². The van der Waals surface area contributed by atoms with E-state index in [9.17, 15) is 10.1 Å². The minimum atomic E-state index is -0.399. The van der Waals surface area contributed by atoms with Crippen LogP contribution < -0.4 is 10.2 Å². The Hall–Kier alpha value is -1.97. The van der Waals surface area contributed by atoms with Gasteiger partial charge in [-0.25, -0.2) is 9.97 Å². The first-order chi connectivity index (χ1) is 11.5. The van der Waals surface area contributed by atoms with Crippen LogP contribution in [-0.2, 0) is 0 Å². The Kier molecular flexibility index (Phi) is 5.12. The minimum Gasteiger partial charge on any atom is -0.350 e. The summed E-state index contributed by atoms with van der Waals surface area (Å²) in [4.78, 5) is 21.6. The smallest absolute Gasteiger partial charge is 0.350 e. The third-order valence-corrected chi connectivity index (χ3v) is 4.77. The second-order valence-corrected chi connectivity index (χ2v) is 7.22. The number of rotatable bonds is 4. The Morgan fingerprint density at radius 3 is 2.75 bits per heavy atom. The first-order valence-electron chi connectivity index (χ1n) is 7.81. The van der Waals surface area contributed by atoms with E-state index < -0.39 is 4.92 Å². The van der Waals surface area contributed by atoms with Crippen molar-refractivity contribution >= 4 is 45.6 Å². The molecule has 1 aromatic heterocycles. The van der Waals surface area contributed by atoms with Gasteiger partial charge in [0.1, 0.15) is 6.33 Å². The van der Waals surface area contributed by atoms with Crippen molar-refractivity contribution in [1.29, 1.82) is 0 Å². The van der Waals surface area contributed by atoms with E-state index in [0.717, 1.165) is 35.2 Å². The van der Waals surface area contributed by atoms with E-state index in [1.165, 1.54) is 6.33 Å². The number of benzene rings is 1. The van der Waals surface area contributed by atoms with Crippen molar-refractivity contribution in [2.24, 2.45) is 5.92 Å². The van der Waals surface area contributed by atoms with E-state index in [-0.39, 0.29) is 11.5 Å². The van der Waals surface area contributed by atoms with Gasteiger partial charge in [-0.15, -0.1) is 0 Å². The van der Waals surface area contributed by atoms with Crippen LogP contribution in [0.25, 0.3) is 0 Å². The highest BCUT2D eigenvalue weighted by Crippen LogP contribution is 2.35. The Labute approximate surface area is 153 Å². The van der Waals surface area contributed by atoms with Gasteiger partial charge in [-0.3, -0.25) is 10.1 Å². The Morgan fingerprint density at radius 1 is 1.33 bits per heavy atom. The summed E-state index contributed by atoms with van der Waals surface area (Å²) in [6.45, 7) is 3.72. The number of nitrogens with zero attached hydrogens (tertiary/aromatic N) is 4. The number of nitrogens with one attached hydrogen (secondary N) is 1. The van der Waals surface area contributed by atoms with Gasteiger partial charge < -0.3 is 10.2 Å². The van der Waals surface area contributed by atoms with Crippen molar-refractivity contribution in [1.82, 2.24) is 9.97 Å². The quantitative estimate of drug-likeness (QED) is 0.441. The zero-order valence-electron chi connectivity index (χ0n) is 13.3. The van der Waals surface area contributed by atoms with Gasteiger partial charge in [0.25, 0.3) is 0 Å². The third-order valence-electron chi connectivity index (χ3n) is 4.05. The molecule has 1 aromatic carbocycles. The van der Waals surface area contributed by atoms with Gasteiger partial charge in [0.2, 0.25) is 11.6 Å². The topological polar surface area (TPSA) is 84.2 Å². The van der Waals surface area contributed by atoms with Crippen molar-refractivity contribution in [3.05, 3.63) is 44.3 Å². The first kappa shape index (κ1) is 16.9. The van der Waals surface area contributed by atoms with Crippen molar-refractivity contribution < 1.29 is 4.92 Å². The van der Waals surface area contributed by atoms with Crippen LogP contribution in [0.5, 0.6) is 0 Å². The Bertz CT molecular complexity index is 738. The molecule has 1 atom stereocenters. The third kappa shape index (κ3) is 3.74.